The van der Waals surface area contributed by atoms with Gasteiger partial charge in [-0.25, -0.2) is 4.68 Å². The fourth-order valence-corrected chi connectivity index (χ4v) is 2.70. The molecule has 2 aromatic rings. The second kappa shape index (κ2) is 6.27. The van der Waals surface area contributed by atoms with Crippen molar-refractivity contribution >= 4 is 11.7 Å². The lowest BCUT2D eigenvalue weighted by atomic mass is 10.3. The van der Waals surface area contributed by atoms with Gasteiger partial charge in [0.2, 0.25) is 5.91 Å². The van der Waals surface area contributed by atoms with Crippen LogP contribution in [0.15, 0.2) is 12.3 Å². The van der Waals surface area contributed by atoms with Gasteiger partial charge in [0, 0.05) is 25.7 Å². The number of aromatic nitrogens is 5. The quantitative estimate of drug-likeness (QED) is 0.877. The van der Waals surface area contributed by atoms with Crippen LogP contribution in [0.5, 0.6) is 0 Å². The maximum Gasteiger partial charge on any atom is 0.239 e. The molecule has 0 aliphatic carbocycles. The molecule has 0 fully saturated rings. The number of hydrogen-bond donors (Lipinski definition) is 1. The minimum absolute atomic E-state index is 0.0254. The lowest BCUT2D eigenvalue weighted by Crippen LogP contribution is -2.39. The Kier molecular flexibility index (Phi) is 4.19. The van der Waals surface area contributed by atoms with E-state index in [-0.39, 0.29) is 5.91 Å². The van der Waals surface area contributed by atoms with E-state index in [0.29, 0.717) is 13.1 Å². The molecule has 1 aliphatic heterocycles. The first kappa shape index (κ1) is 14.7. The number of nitrogens with one attached hydrogen (secondary N) is 1. The van der Waals surface area contributed by atoms with Crippen LogP contribution >= 0.6 is 0 Å². The zero-order valence-electron chi connectivity index (χ0n) is 13.0. The molecule has 118 valence electrons. The molecule has 1 aliphatic rings. The number of nitrogens with zero attached hydrogens (tertiary/aromatic N) is 6. The second-order valence-electron chi connectivity index (χ2n) is 5.51. The summed E-state index contributed by atoms with van der Waals surface area (Å²) < 4.78 is 3.92. The largest absolute Gasteiger partial charge is 0.313 e. The maximum atomic E-state index is 12.2. The minimum Gasteiger partial charge on any atom is -0.313 e. The Hall–Kier alpha value is -2.22. The number of carbonyl (C=O) groups excluding carboxylic acids is 1. The number of anilines is 1. The molecule has 3 rings (SSSR count). The molecule has 1 amide bonds. The average molecular weight is 303 g/mol. The predicted octanol–water partition coefficient (Wildman–Crippen LogP) is 0.647. The summed E-state index contributed by atoms with van der Waals surface area (Å²) in [5.41, 5.74) is 0. The number of carbonyl (C=O) groups is 1. The highest BCUT2D eigenvalue weighted by Gasteiger charge is 2.21. The molecule has 0 bridgehead atoms. The van der Waals surface area contributed by atoms with Crippen molar-refractivity contribution in [3.05, 3.63) is 23.9 Å². The van der Waals surface area contributed by atoms with E-state index < -0.39 is 0 Å². The van der Waals surface area contributed by atoms with Crippen molar-refractivity contribution in [3.8, 4) is 0 Å². The van der Waals surface area contributed by atoms with E-state index in [0.717, 1.165) is 43.5 Å². The summed E-state index contributed by atoms with van der Waals surface area (Å²) in [5.74, 6) is 2.58. The van der Waals surface area contributed by atoms with Crippen molar-refractivity contribution in [2.45, 2.75) is 39.9 Å². The van der Waals surface area contributed by atoms with Crippen LogP contribution in [0.25, 0.3) is 0 Å². The predicted molar refractivity (Wildman–Crippen MR) is 81.2 cm³/mol. The highest BCUT2D eigenvalue weighted by Crippen LogP contribution is 2.12. The van der Waals surface area contributed by atoms with Gasteiger partial charge < -0.3 is 9.88 Å². The van der Waals surface area contributed by atoms with Crippen molar-refractivity contribution in [3.63, 3.8) is 0 Å². The van der Waals surface area contributed by atoms with E-state index >= 15 is 0 Å². The molecule has 0 saturated heterocycles. The Labute approximate surface area is 129 Å². The first-order valence-corrected chi connectivity index (χ1v) is 7.60. The van der Waals surface area contributed by atoms with E-state index in [9.17, 15) is 4.79 Å². The van der Waals surface area contributed by atoms with Crippen LogP contribution in [-0.2, 0) is 24.4 Å². The first-order valence-electron chi connectivity index (χ1n) is 7.60. The maximum absolute atomic E-state index is 12.2. The number of aryl methyl sites for hydroxylation is 2. The molecule has 0 spiro atoms. The third kappa shape index (κ3) is 3.01. The SMILES string of the molecule is CCCn1nccc1NC(=O)CN1CCn2c(C)nnc2C1. The summed E-state index contributed by atoms with van der Waals surface area (Å²) in [6, 6.07) is 1.82. The van der Waals surface area contributed by atoms with Crippen molar-refractivity contribution in [1.29, 1.82) is 0 Å². The summed E-state index contributed by atoms with van der Waals surface area (Å²) in [7, 11) is 0. The molecule has 0 radical (unpaired) electrons. The molecule has 0 aromatic carbocycles. The molecular formula is C14H21N7O. The van der Waals surface area contributed by atoms with Crippen molar-refractivity contribution in [2.24, 2.45) is 0 Å². The fraction of sp³-hybridized carbons (Fsp3) is 0.571. The van der Waals surface area contributed by atoms with E-state index in [4.69, 9.17) is 0 Å². The van der Waals surface area contributed by atoms with Crippen LogP contribution in [-0.4, -0.2) is 48.4 Å². The van der Waals surface area contributed by atoms with E-state index in [1.54, 1.807) is 6.20 Å². The summed E-state index contributed by atoms with van der Waals surface area (Å²) in [6.07, 6.45) is 2.68. The molecule has 8 heteroatoms. The van der Waals surface area contributed by atoms with Crippen LogP contribution in [0.1, 0.15) is 25.0 Å². The fourth-order valence-electron chi connectivity index (χ4n) is 2.70. The molecule has 8 nitrogen and oxygen atoms in total. The number of rotatable bonds is 5. The van der Waals surface area contributed by atoms with Crippen LogP contribution in [0, 0.1) is 6.92 Å². The van der Waals surface area contributed by atoms with Gasteiger partial charge in [-0.15, -0.1) is 10.2 Å². The van der Waals surface area contributed by atoms with Gasteiger partial charge in [-0.3, -0.25) is 9.69 Å². The molecule has 3 heterocycles. The standard InChI is InChI=1S/C14H21N7O/c1-3-6-21-12(4-5-15-21)16-14(22)10-19-7-8-20-11(2)17-18-13(20)9-19/h4-5H,3,6-10H2,1-2H3,(H,16,22). The van der Waals surface area contributed by atoms with E-state index in [2.05, 4.69) is 37.0 Å². The van der Waals surface area contributed by atoms with Crippen LogP contribution in [0.4, 0.5) is 5.82 Å². The molecule has 1 N–H and O–H groups in total. The smallest absolute Gasteiger partial charge is 0.239 e. The van der Waals surface area contributed by atoms with Crippen LogP contribution < -0.4 is 5.32 Å². The van der Waals surface area contributed by atoms with Gasteiger partial charge in [0.25, 0.3) is 0 Å². The Morgan fingerprint density at radius 3 is 3.05 bits per heavy atom. The van der Waals surface area contributed by atoms with E-state index in [1.165, 1.54) is 0 Å². The van der Waals surface area contributed by atoms with Gasteiger partial charge in [0.15, 0.2) is 0 Å². The van der Waals surface area contributed by atoms with Crippen LogP contribution in [0.3, 0.4) is 0 Å². The van der Waals surface area contributed by atoms with Gasteiger partial charge in [0.1, 0.15) is 17.5 Å². The number of hydrogen-bond acceptors (Lipinski definition) is 5. The molecule has 22 heavy (non-hydrogen) atoms. The zero-order chi connectivity index (χ0) is 15.5. The summed E-state index contributed by atoms with van der Waals surface area (Å²) in [5, 5.41) is 15.4. The van der Waals surface area contributed by atoms with E-state index in [1.807, 2.05) is 17.7 Å². The zero-order valence-corrected chi connectivity index (χ0v) is 13.0. The van der Waals surface area contributed by atoms with Crippen molar-refractivity contribution < 1.29 is 4.79 Å². The van der Waals surface area contributed by atoms with Gasteiger partial charge in [-0.1, -0.05) is 6.92 Å². The second-order valence-corrected chi connectivity index (χ2v) is 5.51. The Bertz CT molecular complexity index is 660. The number of amides is 1. The summed E-state index contributed by atoms with van der Waals surface area (Å²) >= 11 is 0. The lowest BCUT2D eigenvalue weighted by molar-refractivity contribution is -0.117. The monoisotopic (exact) mass is 303 g/mol. The molecule has 2 aromatic heterocycles. The Morgan fingerprint density at radius 2 is 2.23 bits per heavy atom. The van der Waals surface area contributed by atoms with Gasteiger partial charge >= 0.3 is 0 Å². The molecule has 0 unspecified atom stereocenters. The summed E-state index contributed by atoms with van der Waals surface area (Å²) in [6.45, 7) is 7.50. The highest BCUT2D eigenvalue weighted by molar-refractivity contribution is 5.91. The Morgan fingerprint density at radius 1 is 1.36 bits per heavy atom. The van der Waals surface area contributed by atoms with Crippen LogP contribution in [0.2, 0.25) is 0 Å². The van der Waals surface area contributed by atoms with Crippen molar-refractivity contribution in [1.82, 2.24) is 29.4 Å². The van der Waals surface area contributed by atoms with Gasteiger partial charge in [-0.2, -0.15) is 5.10 Å². The lowest BCUT2D eigenvalue weighted by Gasteiger charge is -2.26. The average Bonchev–Trinajstić information content (AvgIpc) is 3.07. The number of fused-ring (bicyclic) bond motifs is 1. The highest BCUT2D eigenvalue weighted by atomic mass is 16.2. The first-order chi connectivity index (χ1) is 10.7. The normalized spacial score (nSPS) is 14.8. The molecule has 0 saturated carbocycles. The topological polar surface area (TPSA) is 80.9 Å². The summed E-state index contributed by atoms with van der Waals surface area (Å²) in [4.78, 5) is 14.3. The molecule has 0 atom stereocenters. The minimum atomic E-state index is -0.0254. The third-order valence-corrected chi connectivity index (χ3v) is 3.80. The van der Waals surface area contributed by atoms with Gasteiger partial charge in [0.05, 0.1) is 19.3 Å². The van der Waals surface area contributed by atoms with Gasteiger partial charge in [-0.05, 0) is 13.3 Å². The third-order valence-electron chi connectivity index (χ3n) is 3.80. The van der Waals surface area contributed by atoms with Crippen molar-refractivity contribution in [2.75, 3.05) is 18.4 Å². The Balaban J connectivity index is 1.57. The molecular weight excluding hydrogens is 282 g/mol.